The molecule has 0 N–H and O–H groups in total. The van der Waals surface area contributed by atoms with Crippen LogP contribution in [0, 0.1) is 6.92 Å². The van der Waals surface area contributed by atoms with Crippen molar-refractivity contribution in [2.24, 2.45) is 0 Å². The van der Waals surface area contributed by atoms with Gasteiger partial charge in [-0.3, -0.25) is 0 Å². The minimum Gasteiger partial charge on any atom is -0.497 e. The van der Waals surface area contributed by atoms with Crippen molar-refractivity contribution in [3.8, 4) is 5.75 Å². The van der Waals surface area contributed by atoms with Gasteiger partial charge in [0.1, 0.15) is 5.75 Å². The van der Waals surface area contributed by atoms with Gasteiger partial charge in [-0.1, -0.05) is 13.8 Å². The number of fused-ring (bicyclic) bond motifs is 1. The number of nitrogens with zero attached hydrogens (tertiary/aromatic N) is 1. The van der Waals surface area contributed by atoms with Crippen LogP contribution in [0.4, 0.5) is 13.2 Å². The van der Waals surface area contributed by atoms with E-state index in [0.29, 0.717) is 9.71 Å². The summed E-state index contributed by atoms with van der Waals surface area (Å²) >= 11 is 1.22. The zero-order chi connectivity index (χ0) is 13.9. The van der Waals surface area contributed by atoms with Gasteiger partial charge in [0.25, 0.3) is 0 Å². The molecule has 0 amide bonds. The first-order valence-corrected chi connectivity index (χ1v) is 6.26. The highest BCUT2D eigenvalue weighted by Gasteiger charge is 2.34. The van der Waals surface area contributed by atoms with Gasteiger partial charge in [0, 0.05) is 0 Å². The number of methoxy groups -OCH3 is 1. The molecule has 0 aliphatic carbocycles. The average molecular weight is 277 g/mol. The van der Waals surface area contributed by atoms with Gasteiger partial charge in [-0.2, -0.15) is 13.2 Å². The summed E-state index contributed by atoms with van der Waals surface area (Å²) in [6, 6.07) is 2.54. The Labute approximate surface area is 107 Å². The van der Waals surface area contributed by atoms with E-state index < -0.39 is 11.7 Å². The molecule has 1 aromatic carbocycles. The van der Waals surface area contributed by atoms with Crippen molar-refractivity contribution in [2.45, 2.75) is 26.9 Å². The number of rotatable bonds is 1. The SMILES string of the molecule is CC.COc1cc(C(F)(F)F)c2nc(C)sc2c1. The molecule has 2 nitrogen and oxygen atoms in total. The van der Waals surface area contributed by atoms with Crippen LogP contribution >= 0.6 is 11.3 Å². The average Bonchev–Trinajstić information content (AvgIpc) is 2.68. The number of ether oxygens (including phenoxy) is 1. The fourth-order valence-electron chi connectivity index (χ4n) is 1.45. The highest BCUT2D eigenvalue weighted by atomic mass is 32.1. The quantitative estimate of drug-likeness (QED) is 0.756. The number of halogens is 3. The lowest BCUT2D eigenvalue weighted by Gasteiger charge is -2.09. The topological polar surface area (TPSA) is 22.1 Å². The molecule has 1 heterocycles. The summed E-state index contributed by atoms with van der Waals surface area (Å²) < 4.78 is 43.6. The minimum absolute atomic E-state index is 0.00389. The monoisotopic (exact) mass is 277 g/mol. The Balaban J connectivity index is 0.000000771. The smallest absolute Gasteiger partial charge is 0.418 e. The Morgan fingerprint density at radius 2 is 1.83 bits per heavy atom. The Bertz CT molecular complexity index is 534. The van der Waals surface area contributed by atoms with Gasteiger partial charge >= 0.3 is 6.18 Å². The van der Waals surface area contributed by atoms with Crippen LogP contribution in [-0.2, 0) is 6.18 Å². The van der Waals surface area contributed by atoms with Gasteiger partial charge in [0.2, 0.25) is 0 Å². The molecule has 100 valence electrons. The lowest BCUT2D eigenvalue weighted by molar-refractivity contribution is -0.136. The molecule has 6 heteroatoms. The molecule has 0 atom stereocenters. The normalized spacial score (nSPS) is 11.1. The van der Waals surface area contributed by atoms with Crippen LogP contribution in [0.2, 0.25) is 0 Å². The van der Waals surface area contributed by atoms with Crippen molar-refractivity contribution >= 4 is 21.6 Å². The number of aryl methyl sites for hydroxylation is 1. The molecule has 0 radical (unpaired) electrons. The maximum absolute atomic E-state index is 12.8. The van der Waals surface area contributed by atoms with Crippen LogP contribution in [-0.4, -0.2) is 12.1 Å². The molecule has 18 heavy (non-hydrogen) atoms. The third-order valence-electron chi connectivity index (χ3n) is 2.12. The van der Waals surface area contributed by atoms with Crippen LogP contribution in [0.25, 0.3) is 10.2 Å². The summed E-state index contributed by atoms with van der Waals surface area (Å²) in [7, 11) is 1.34. The predicted molar refractivity (Wildman–Crippen MR) is 67.3 cm³/mol. The number of benzene rings is 1. The molecule has 1 aromatic heterocycles. The largest absolute Gasteiger partial charge is 0.497 e. The van der Waals surface area contributed by atoms with Crippen molar-refractivity contribution in [2.75, 3.05) is 7.11 Å². The zero-order valence-electron chi connectivity index (χ0n) is 10.6. The fraction of sp³-hybridized carbons (Fsp3) is 0.417. The van der Waals surface area contributed by atoms with Gasteiger partial charge in [-0.05, 0) is 19.1 Å². The van der Waals surface area contributed by atoms with E-state index in [2.05, 4.69) is 4.98 Å². The molecule has 0 spiro atoms. The van der Waals surface area contributed by atoms with E-state index in [1.807, 2.05) is 13.8 Å². The van der Waals surface area contributed by atoms with E-state index in [0.717, 1.165) is 6.07 Å². The van der Waals surface area contributed by atoms with E-state index in [9.17, 15) is 13.2 Å². The molecule has 0 aliphatic rings. The molecule has 0 saturated heterocycles. The molecule has 0 fully saturated rings. The number of thiazole rings is 1. The van der Waals surface area contributed by atoms with E-state index in [4.69, 9.17) is 4.74 Å². The standard InChI is InChI=1S/C10H8F3NOS.C2H6/c1-5-14-9-7(10(11,12)13)3-6(15-2)4-8(9)16-5;1-2/h3-4H,1-2H3;1-2H3. The van der Waals surface area contributed by atoms with Crippen molar-refractivity contribution in [1.29, 1.82) is 0 Å². The van der Waals surface area contributed by atoms with Crippen LogP contribution in [0.5, 0.6) is 5.75 Å². The van der Waals surface area contributed by atoms with Crippen LogP contribution in [0.1, 0.15) is 24.4 Å². The molecular formula is C12H14F3NOS. The lowest BCUT2D eigenvalue weighted by atomic mass is 10.2. The van der Waals surface area contributed by atoms with Gasteiger partial charge in [-0.25, -0.2) is 4.98 Å². The summed E-state index contributed by atoms with van der Waals surface area (Å²) in [5.41, 5.74) is -0.748. The predicted octanol–water partition coefficient (Wildman–Crippen LogP) is 4.66. The molecule has 0 bridgehead atoms. The summed E-state index contributed by atoms with van der Waals surface area (Å²) in [5, 5.41) is 0.605. The number of hydrogen-bond donors (Lipinski definition) is 0. The van der Waals surface area contributed by atoms with Crippen LogP contribution < -0.4 is 4.74 Å². The number of hydrogen-bond acceptors (Lipinski definition) is 3. The Kier molecular flexibility index (Phi) is 4.56. The third-order valence-corrected chi connectivity index (χ3v) is 3.03. The minimum atomic E-state index is -4.41. The highest BCUT2D eigenvalue weighted by Crippen LogP contribution is 2.38. The maximum atomic E-state index is 12.8. The molecule has 0 saturated carbocycles. The van der Waals surface area contributed by atoms with Gasteiger partial charge in [0.05, 0.1) is 27.9 Å². The van der Waals surface area contributed by atoms with Crippen molar-refractivity contribution in [3.05, 3.63) is 22.7 Å². The maximum Gasteiger partial charge on any atom is 0.418 e. The fourth-order valence-corrected chi connectivity index (χ4v) is 2.33. The summed E-state index contributed by atoms with van der Waals surface area (Å²) in [6.07, 6.45) is -4.41. The van der Waals surface area contributed by atoms with E-state index >= 15 is 0 Å². The van der Waals surface area contributed by atoms with Crippen molar-refractivity contribution in [3.63, 3.8) is 0 Å². The molecule has 2 aromatic rings. The molecule has 0 aliphatic heterocycles. The van der Waals surface area contributed by atoms with E-state index in [1.54, 1.807) is 13.0 Å². The number of alkyl halides is 3. The molecular weight excluding hydrogens is 263 g/mol. The second-order valence-electron chi connectivity index (χ2n) is 3.25. The second kappa shape index (κ2) is 5.56. The molecule has 2 rings (SSSR count). The third kappa shape index (κ3) is 2.93. The van der Waals surface area contributed by atoms with Crippen LogP contribution in [0.15, 0.2) is 12.1 Å². The first kappa shape index (κ1) is 14.8. The van der Waals surface area contributed by atoms with Crippen molar-refractivity contribution < 1.29 is 17.9 Å². The van der Waals surface area contributed by atoms with E-state index in [1.165, 1.54) is 18.4 Å². The Hall–Kier alpha value is -1.30. The zero-order valence-corrected chi connectivity index (χ0v) is 11.4. The number of aromatic nitrogens is 1. The Morgan fingerprint density at radius 3 is 2.33 bits per heavy atom. The summed E-state index contributed by atoms with van der Waals surface area (Å²) in [6.45, 7) is 5.68. The van der Waals surface area contributed by atoms with Gasteiger partial charge in [0.15, 0.2) is 0 Å². The second-order valence-corrected chi connectivity index (χ2v) is 4.49. The lowest BCUT2D eigenvalue weighted by Crippen LogP contribution is -2.06. The van der Waals surface area contributed by atoms with Gasteiger partial charge < -0.3 is 4.74 Å². The highest BCUT2D eigenvalue weighted by molar-refractivity contribution is 7.18. The molecule has 0 unspecified atom stereocenters. The first-order chi connectivity index (χ1) is 8.41. The summed E-state index contributed by atoms with van der Waals surface area (Å²) in [5.74, 6) is 0.198. The summed E-state index contributed by atoms with van der Waals surface area (Å²) in [4.78, 5) is 3.90. The van der Waals surface area contributed by atoms with E-state index in [-0.39, 0.29) is 11.3 Å². The first-order valence-electron chi connectivity index (χ1n) is 5.44. The Morgan fingerprint density at radius 1 is 1.22 bits per heavy atom. The van der Waals surface area contributed by atoms with Crippen molar-refractivity contribution in [1.82, 2.24) is 4.98 Å². The van der Waals surface area contributed by atoms with Crippen LogP contribution in [0.3, 0.4) is 0 Å². The van der Waals surface area contributed by atoms with Gasteiger partial charge in [-0.15, -0.1) is 11.3 Å².